The van der Waals surface area contributed by atoms with E-state index in [4.69, 9.17) is 4.74 Å². The highest BCUT2D eigenvalue weighted by atomic mass is 16.5. The molecule has 2 unspecified atom stereocenters. The van der Waals surface area contributed by atoms with Crippen LogP contribution in [0, 0.1) is 5.92 Å². The molecule has 0 saturated heterocycles. The van der Waals surface area contributed by atoms with Gasteiger partial charge in [-0.15, -0.1) is 0 Å². The molecule has 1 amide bonds. The van der Waals surface area contributed by atoms with Crippen molar-refractivity contribution in [2.45, 2.75) is 31.7 Å². The van der Waals surface area contributed by atoms with Gasteiger partial charge < -0.3 is 15.4 Å². The highest BCUT2D eigenvalue weighted by Crippen LogP contribution is 2.28. The van der Waals surface area contributed by atoms with Crippen LogP contribution in [0.25, 0.3) is 0 Å². The maximum absolute atomic E-state index is 11.9. The fourth-order valence-corrected chi connectivity index (χ4v) is 3.02. The Morgan fingerprint density at radius 3 is 2.86 bits per heavy atom. The van der Waals surface area contributed by atoms with E-state index in [2.05, 4.69) is 34.9 Å². The van der Waals surface area contributed by atoms with Gasteiger partial charge >= 0.3 is 0 Å². The van der Waals surface area contributed by atoms with E-state index in [0.717, 1.165) is 12.8 Å². The molecule has 1 fully saturated rings. The molecule has 0 spiro atoms. The number of rotatable bonds is 8. The van der Waals surface area contributed by atoms with E-state index in [1.54, 1.807) is 7.11 Å². The lowest BCUT2D eigenvalue weighted by atomic mass is 9.94. The predicted octanol–water partition coefficient (Wildman–Crippen LogP) is 1.75. The van der Waals surface area contributed by atoms with Gasteiger partial charge in [0.05, 0.1) is 13.2 Å². The number of benzene rings is 1. The van der Waals surface area contributed by atoms with Gasteiger partial charge in [-0.2, -0.15) is 0 Å². The van der Waals surface area contributed by atoms with Crippen molar-refractivity contribution in [1.29, 1.82) is 0 Å². The standard InChI is InChI=1S/C17H26N2O2/c1-21-11-10-18-13-17(20)19-16-9-5-8-15(16)12-14-6-3-2-4-7-14/h2-4,6-7,15-16,18H,5,8-13H2,1H3,(H,19,20). The Hall–Kier alpha value is -1.39. The third kappa shape index (κ3) is 5.48. The first-order chi connectivity index (χ1) is 10.3. The normalized spacial score (nSPS) is 21.4. The topological polar surface area (TPSA) is 50.4 Å². The second-order valence-electron chi connectivity index (χ2n) is 5.72. The summed E-state index contributed by atoms with van der Waals surface area (Å²) in [5.74, 6) is 0.659. The summed E-state index contributed by atoms with van der Waals surface area (Å²) in [6.07, 6.45) is 4.57. The van der Waals surface area contributed by atoms with Crippen molar-refractivity contribution in [1.82, 2.24) is 10.6 Å². The molecule has 4 nitrogen and oxygen atoms in total. The molecule has 21 heavy (non-hydrogen) atoms. The Morgan fingerprint density at radius 1 is 1.29 bits per heavy atom. The van der Waals surface area contributed by atoms with Crippen molar-refractivity contribution in [2.24, 2.45) is 5.92 Å². The number of amides is 1. The van der Waals surface area contributed by atoms with Crippen molar-refractivity contribution in [3.8, 4) is 0 Å². The second-order valence-corrected chi connectivity index (χ2v) is 5.72. The van der Waals surface area contributed by atoms with Gasteiger partial charge in [-0.05, 0) is 30.7 Å². The summed E-state index contributed by atoms with van der Waals surface area (Å²) in [5.41, 5.74) is 1.36. The van der Waals surface area contributed by atoms with Crippen LogP contribution < -0.4 is 10.6 Å². The minimum atomic E-state index is 0.0936. The lowest BCUT2D eigenvalue weighted by Gasteiger charge is -2.21. The summed E-state index contributed by atoms with van der Waals surface area (Å²) in [6.45, 7) is 1.72. The van der Waals surface area contributed by atoms with Crippen LogP contribution >= 0.6 is 0 Å². The lowest BCUT2D eigenvalue weighted by molar-refractivity contribution is -0.121. The van der Waals surface area contributed by atoms with Crippen LogP contribution in [-0.4, -0.2) is 38.8 Å². The number of hydrogen-bond acceptors (Lipinski definition) is 3. The molecule has 116 valence electrons. The SMILES string of the molecule is COCCNCC(=O)NC1CCCC1Cc1ccccc1. The largest absolute Gasteiger partial charge is 0.383 e. The maximum Gasteiger partial charge on any atom is 0.234 e. The van der Waals surface area contributed by atoms with Crippen molar-refractivity contribution in [3.63, 3.8) is 0 Å². The van der Waals surface area contributed by atoms with Gasteiger partial charge in [0, 0.05) is 19.7 Å². The highest BCUT2D eigenvalue weighted by molar-refractivity contribution is 5.78. The molecular weight excluding hydrogens is 264 g/mol. The molecule has 1 aliphatic carbocycles. The monoisotopic (exact) mass is 290 g/mol. The number of methoxy groups -OCH3 is 1. The van der Waals surface area contributed by atoms with Gasteiger partial charge in [-0.3, -0.25) is 4.79 Å². The predicted molar refractivity (Wildman–Crippen MR) is 84.2 cm³/mol. The van der Waals surface area contributed by atoms with E-state index >= 15 is 0 Å². The van der Waals surface area contributed by atoms with E-state index in [-0.39, 0.29) is 5.91 Å². The van der Waals surface area contributed by atoms with Gasteiger partial charge in [0.15, 0.2) is 0 Å². The van der Waals surface area contributed by atoms with E-state index in [1.165, 1.54) is 18.4 Å². The molecule has 1 aromatic rings. The first-order valence-corrected chi connectivity index (χ1v) is 7.82. The van der Waals surface area contributed by atoms with E-state index in [1.807, 2.05) is 6.07 Å². The quantitative estimate of drug-likeness (QED) is 0.717. The molecule has 1 saturated carbocycles. The summed E-state index contributed by atoms with van der Waals surface area (Å²) in [7, 11) is 1.66. The lowest BCUT2D eigenvalue weighted by Crippen LogP contribution is -2.43. The number of ether oxygens (including phenoxy) is 1. The molecule has 0 aliphatic heterocycles. The summed E-state index contributed by atoms with van der Waals surface area (Å²) in [4.78, 5) is 11.9. The van der Waals surface area contributed by atoms with Crippen molar-refractivity contribution < 1.29 is 9.53 Å². The molecule has 0 heterocycles. The number of hydrogen-bond donors (Lipinski definition) is 2. The average molecular weight is 290 g/mol. The fourth-order valence-electron chi connectivity index (χ4n) is 3.02. The van der Waals surface area contributed by atoms with Crippen LogP contribution in [-0.2, 0) is 16.0 Å². The molecule has 1 aromatic carbocycles. The third-order valence-corrected chi connectivity index (χ3v) is 4.11. The number of carbonyl (C=O) groups is 1. The van der Waals surface area contributed by atoms with E-state index in [0.29, 0.717) is 31.7 Å². The first-order valence-electron chi connectivity index (χ1n) is 7.82. The zero-order valence-electron chi connectivity index (χ0n) is 12.8. The van der Waals surface area contributed by atoms with Crippen LogP contribution in [0.15, 0.2) is 30.3 Å². The average Bonchev–Trinajstić information content (AvgIpc) is 2.92. The maximum atomic E-state index is 11.9. The van der Waals surface area contributed by atoms with Gasteiger partial charge in [-0.25, -0.2) is 0 Å². The van der Waals surface area contributed by atoms with E-state index in [9.17, 15) is 4.79 Å². The van der Waals surface area contributed by atoms with Crippen molar-refractivity contribution in [2.75, 3.05) is 26.8 Å². The molecule has 4 heteroatoms. The minimum Gasteiger partial charge on any atom is -0.383 e. The Kier molecular flexibility index (Phi) is 6.70. The summed E-state index contributed by atoms with van der Waals surface area (Å²) in [5, 5.41) is 6.27. The molecular formula is C17H26N2O2. The molecule has 2 atom stereocenters. The van der Waals surface area contributed by atoms with Gasteiger partial charge in [0.2, 0.25) is 5.91 Å². The molecule has 0 bridgehead atoms. The molecule has 2 N–H and O–H groups in total. The first kappa shape index (κ1) is 16.0. The Bertz CT molecular complexity index is 422. The van der Waals surface area contributed by atoms with Gasteiger partial charge in [0.1, 0.15) is 0 Å². The van der Waals surface area contributed by atoms with Crippen LogP contribution in [0.5, 0.6) is 0 Å². The van der Waals surface area contributed by atoms with Gasteiger partial charge in [0.25, 0.3) is 0 Å². The van der Waals surface area contributed by atoms with Crippen LogP contribution in [0.1, 0.15) is 24.8 Å². The molecule has 1 aliphatic rings. The molecule has 2 rings (SSSR count). The van der Waals surface area contributed by atoms with Crippen molar-refractivity contribution in [3.05, 3.63) is 35.9 Å². The summed E-state index contributed by atoms with van der Waals surface area (Å²) >= 11 is 0. The summed E-state index contributed by atoms with van der Waals surface area (Å²) < 4.78 is 4.95. The third-order valence-electron chi connectivity index (χ3n) is 4.11. The second kappa shape index (κ2) is 8.80. The Labute approximate surface area is 127 Å². The van der Waals surface area contributed by atoms with Crippen LogP contribution in [0.2, 0.25) is 0 Å². The zero-order valence-corrected chi connectivity index (χ0v) is 12.8. The van der Waals surface area contributed by atoms with E-state index < -0.39 is 0 Å². The van der Waals surface area contributed by atoms with Crippen molar-refractivity contribution >= 4 is 5.91 Å². The highest BCUT2D eigenvalue weighted by Gasteiger charge is 2.28. The minimum absolute atomic E-state index is 0.0936. The number of carbonyl (C=O) groups excluding carboxylic acids is 1. The number of nitrogens with one attached hydrogen (secondary N) is 2. The zero-order chi connectivity index (χ0) is 14.9. The molecule has 0 radical (unpaired) electrons. The Balaban J connectivity index is 1.75. The van der Waals surface area contributed by atoms with Crippen LogP contribution in [0.3, 0.4) is 0 Å². The van der Waals surface area contributed by atoms with Gasteiger partial charge in [-0.1, -0.05) is 36.8 Å². The smallest absolute Gasteiger partial charge is 0.234 e. The molecule has 0 aromatic heterocycles. The summed E-state index contributed by atoms with van der Waals surface area (Å²) in [6, 6.07) is 10.9. The fraction of sp³-hybridized carbons (Fsp3) is 0.588. The van der Waals surface area contributed by atoms with Crippen LogP contribution in [0.4, 0.5) is 0 Å². The Morgan fingerprint density at radius 2 is 2.10 bits per heavy atom.